The smallest absolute Gasteiger partial charge is 0.300 e. The number of morpholine rings is 1. The normalized spacial score (nSPS) is 17.4. The van der Waals surface area contributed by atoms with Crippen LogP contribution in [0, 0.1) is 0 Å². The third-order valence-corrected chi connectivity index (χ3v) is 1.55. The Bertz CT molecular complexity index is 129. The number of carboxylic acids is 1. The molecule has 13 heavy (non-hydrogen) atoms. The van der Waals surface area contributed by atoms with Crippen LogP contribution in [0.2, 0.25) is 0 Å². The number of carbonyl (C=O) groups is 1. The molecule has 78 valence electrons. The fraction of sp³-hybridized carbons (Fsp3) is 0.875. The summed E-state index contributed by atoms with van der Waals surface area (Å²) in [5, 5.41) is 7.42. The molecule has 0 aromatic heterocycles. The maximum absolute atomic E-state index is 9.00. The number of hydrogen-bond acceptors (Lipinski definition) is 4. The number of nitrogens with two attached hydrogens (primary N) is 1. The van der Waals surface area contributed by atoms with Gasteiger partial charge in [0.15, 0.2) is 0 Å². The number of carboxylic acid groups (broad SMARTS) is 1. The van der Waals surface area contributed by atoms with Gasteiger partial charge in [0.05, 0.1) is 13.2 Å². The first-order chi connectivity index (χ1) is 6.16. The molecule has 0 aromatic rings. The van der Waals surface area contributed by atoms with Crippen LogP contribution in [0.4, 0.5) is 0 Å². The highest BCUT2D eigenvalue weighted by atomic mass is 16.5. The Kier molecular flexibility index (Phi) is 7.57. The van der Waals surface area contributed by atoms with Crippen LogP contribution >= 0.6 is 0 Å². The van der Waals surface area contributed by atoms with Gasteiger partial charge in [-0.1, -0.05) is 0 Å². The van der Waals surface area contributed by atoms with E-state index in [1.807, 2.05) is 0 Å². The van der Waals surface area contributed by atoms with Gasteiger partial charge in [-0.3, -0.25) is 9.69 Å². The second-order valence-corrected chi connectivity index (χ2v) is 2.76. The van der Waals surface area contributed by atoms with Crippen LogP contribution in [-0.2, 0) is 9.53 Å². The Labute approximate surface area is 78.5 Å². The van der Waals surface area contributed by atoms with E-state index >= 15 is 0 Å². The molecule has 0 aromatic carbocycles. The van der Waals surface area contributed by atoms with Gasteiger partial charge < -0.3 is 15.6 Å². The maximum atomic E-state index is 9.00. The van der Waals surface area contributed by atoms with Gasteiger partial charge in [-0.25, -0.2) is 0 Å². The lowest BCUT2D eigenvalue weighted by Gasteiger charge is -2.25. The molecule has 0 atom stereocenters. The van der Waals surface area contributed by atoms with Crippen LogP contribution in [0.25, 0.3) is 0 Å². The van der Waals surface area contributed by atoms with Crippen LogP contribution in [0.3, 0.4) is 0 Å². The minimum absolute atomic E-state index is 0.764. The monoisotopic (exact) mass is 190 g/mol. The van der Waals surface area contributed by atoms with E-state index in [4.69, 9.17) is 20.4 Å². The highest BCUT2D eigenvalue weighted by molar-refractivity contribution is 5.62. The molecule has 0 spiro atoms. The number of nitrogens with zero attached hydrogens (tertiary/aromatic N) is 1. The van der Waals surface area contributed by atoms with Crippen LogP contribution in [0.5, 0.6) is 0 Å². The predicted molar refractivity (Wildman–Crippen MR) is 49.6 cm³/mol. The summed E-state index contributed by atoms with van der Waals surface area (Å²) in [6.45, 7) is 6.72. The van der Waals surface area contributed by atoms with Crippen molar-refractivity contribution in [1.82, 2.24) is 4.90 Å². The van der Waals surface area contributed by atoms with Gasteiger partial charge in [-0.2, -0.15) is 0 Å². The Balaban J connectivity index is 0.000000310. The second kappa shape index (κ2) is 7.97. The molecular weight excluding hydrogens is 172 g/mol. The molecule has 1 aliphatic heterocycles. The SMILES string of the molecule is CC(=O)O.NCCN1CCOCC1. The number of rotatable bonds is 2. The van der Waals surface area contributed by atoms with Crippen molar-refractivity contribution in [3.8, 4) is 0 Å². The van der Waals surface area contributed by atoms with Crippen molar-refractivity contribution < 1.29 is 14.6 Å². The summed E-state index contributed by atoms with van der Waals surface area (Å²) >= 11 is 0. The molecule has 0 radical (unpaired) electrons. The molecule has 0 amide bonds. The maximum Gasteiger partial charge on any atom is 0.300 e. The van der Waals surface area contributed by atoms with Crippen molar-refractivity contribution in [3.63, 3.8) is 0 Å². The van der Waals surface area contributed by atoms with E-state index in [0.717, 1.165) is 46.3 Å². The lowest BCUT2D eigenvalue weighted by atomic mass is 10.4. The molecule has 3 N–H and O–H groups in total. The van der Waals surface area contributed by atoms with E-state index in [0.29, 0.717) is 0 Å². The molecule has 1 aliphatic rings. The fourth-order valence-corrected chi connectivity index (χ4v) is 1.01. The third kappa shape index (κ3) is 9.26. The average molecular weight is 190 g/mol. The van der Waals surface area contributed by atoms with Crippen molar-refractivity contribution in [3.05, 3.63) is 0 Å². The van der Waals surface area contributed by atoms with Gasteiger partial charge in [-0.15, -0.1) is 0 Å². The summed E-state index contributed by atoms with van der Waals surface area (Å²) in [6, 6.07) is 0. The van der Waals surface area contributed by atoms with Crippen molar-refractivity contribution in [2.75, 3.05) is 39.4 Å². The van der Waals surface area contributed by atoms with Crippen molar-refractivity contribution >= 4 is 5.97 Å². The zero-order valence-corrected chi connectivity index (χ0v) is 8.03. The highest BCUT2D eigenvalue weighted by Crippen LogP contribution is 1.93. The second-order valence-electron chi connectivity index (χ2n) is 2.76. The number of hydrogen-bond donors (Lipinski definition) is 2. The van der Waals surface area contributed by atoms with Crippen molar-refractivity contribution in [1.29, 1.82) is 0 Å². The Morgan fingerprint density at radius 3 is 2.38 bits per heavy atom. The minimum Gasteiger partial charge on any atom is -0.481 e. The zero-order chi connectivity index (χ0) is 10.1. The average Bonchev–Trinajstić information content (AvgIpc) is 2.06. The van der Waals surface area contributed by atoms with Crippen LogP contribution in [0.1, 0.15) is 6.92 Å². The molecule has 1 fully saturated rings. The van der Waals surface area contributed by atoms with Gasteiger partial charge in [0.2, 0.25) is 0 Å². The topological polar surface area (TPSA) is 75.8 Å². The Morgan fingerprint density at radius 1 is 1.54 bits per heavy atom. The van der Waals surface area contributed by atoms with Gasteiger partial charge in [0.25, 0.3) is 5.97 Å². The van der Waals surface area contributed by atoms with Crippen molar-refractivity contribution in [2.24, 2.45) is 5.73 Å². The first kappa shape index (κ1) is 12.3. The zero-order valence-electron chi connectivity index (χ0n) is 8.03. The van der Waals surface area contributed by atoms with E-state index in [1.165, 1.54) is 0 Å². The minimum atomic E-state index is -0.833. The van der Waals surface area contributed by atoms with E-state index in [1.54, 1.807) is 0 Å². The molecule has 1 saturated heterocycles. The molecule has 0 bridgehead atoms. The van der Waals surface area contributed by atoms with Crippen LogP contribution in [0.15, 0.2) is 0 Å². The lowest BCUT2D eigenvalue weighted by Crippen LogP contribution is -2.39. The molecule has 5 nitrogen and oxygen atoms in total. The summed E-state index contributed by atoms with van der Waals surface area (Å²) < 4.78 is 5.16. The number of ether oxygens (including phenoxy) is 1. The standard InChI is InChI=1S/C6H14N2O.C2H4O2/c7-1-2-8-3-5-9-6-4-8;1-2(3)4/h1-7H2;1H3,(H,3,4). The van der Waals surface area contributed by atoms with Crippen LogP contribution in [-0.4, -0.2) is 55.4 Å². The quantitative estimate of drug-likeness (QED) is 0.606. The van der Waals surface area contributed by atoms with Gasteiger partial charge >= 0.3 is 0 Å². The molecule has 0 aliphatic carbocycles. The fourth-order valence-electron chi connectivity index (χ4n) is 1.01. The molecule has 0 saturated carbocycles. The largest absolute Gasteiger partial charge is 0.481 e. The summed E-state index contributed by atoms with van der Waals surface area (Å²) in [7, 11) is 0. The lowest BCUT2D eigenvalue weighted by molar-refractivity contribution is -0.134. The van der Waals surface area contributed by atoms with E-state index in [2.05, 4.69) is 4.90 Å². The van der Waals surface area contributed by atoms with Gasteiger partial charge in [-0.05, 0) is 0 Å². The molecule has 5 heteroatoms. The molecular formula is C8H18N2O3. The Morgan fingerprint density at radius 2 is 2.00 bits per heavy atom. The Hall–Kier alpha value is -0.650. The first-order valence-corrected chi connectivity index (χ1v) is 4.36. The van der Waals surface area contributed by atoms with Gasteiger partial charge in [0, 0.05) is 33.1 Å². The third-order valence-electron chi connectivity index (χ3n) is 1.55. The van der Waals surface area contributed by atoms with Crippen molar-refractivity contribution in [2.45, 2.75) is 6.92 Å². The predicted octanol–water partition coefficient (Wildman–Crippen LogP) is -0.632. The van der Waals surface area contributed by atoms with Gasteiger partial charge in [0.1, 0.15) is 0 Å². The summed E-state index contributed by atoms with van der Waals surface area (Å²) in [6.07, 6.45) is 0. The summed E-state index contributed by atoms with van der Waals surface area (Å²) in [4.78, 5) is 11.3. The summed E-state index contributed by atoms with van der Waals surface area (Å²) in [5.74, 6) is -0.833. The highest BCUT2D eigenvalue weighted by Gasteiger charge is 2.07. The van der Waals surface area contributed by atoms with E-state index in [-0.39, 0.29) is 0 Å². The number of aliphatic carboxylic acids is 1. The van der Waals surface area contributed by atoms with E-state index < -0.39 is 5.97 Å². The van der Waals surface area contributed by atoms with E-state index in [9.17, 15) is 0 Å². The molecule has 1 rings (SSSR count). The molecule has 1 heterocycles. The summed E-state index contributed by atoms with van der Waals surface area (Å²) in [5.41, 5.74) is 5.38. The van der Waals surface area contributed by atoms with Crippen LogP contribution < -0.4 is 5.73 Å². The first-order valence-electron chi connectivity index (χ1n) is 4.36. The molecule has 0 unspecified atom stereocenters.